The first-order chi connectivity index (χ1) is 16.9. The van der Waals surface area contributed by atoms with Gasteiger partial charge >= 0.3 is 5.97 Å². The lowest BCUT2D eigenvalue weighted by Gasteiger charge is -2.30. The number of aliphatic imine (C=N–C) groups is 1. The van der Waals surface area contributed by atoms with E-state index in [1.165, 1.54) is 5.56 Å². The number of rotatable bonds is 11. The van der Waals surface area contributed by atoms with Crippen LogP contribution in [0.15, 0.2) is 89.9 Å². The van der Waals surface area contributed by atoms with E-state index in [0.717, 1.165) is 28.9 Å². The highest BCUT2D eigenvalue weighted by Gasteiger charge is 2.22. The zero-order valence-electron chi connectivity index (χ0n) is 21.6. The van der Waals surface area contributed by atoms with Crippen molar-refractivity contribution in [3.05, 3.63) is 107 Å². The lowest BCUT2D eigenvalue weighted by molar-refractivity contribution is -0.144. The monoisotopic (exact) mass is 470 g/mol. The first-order valence-electron chi connectivity index (χ1n) is 12.6. The van der Waals surface area contributed by atoms with Crippen molar-refractivity contribution in [2.75, 3.05) is 6.61 Å². The van der Waals surface area contributed by atoms with E-state index in [-0.39, 0.29) is 5.97 Å². The summed E-state index contributed by atoms with van der Waals surface area (Å²) >= 11 is 0. The number of hydrogen-bond donors (Lipinski definition) is 0. The molecule has 3 aromatic carbocycles. The third kappa shape index (κ3) is 7.63. The number of carbonyl (C=O) groups excluding carboxylic acids is 1. The summed E-state index contributed by atoms with van der Waals surface area (Å²) in [7, 11) is 0. The lowest BCUT2D eigenvalue weighted by Crippen LogP contribution is -2.36. The lowest BCUT2D eigenvalue weighted by atomic mass is 10.00. The molecule has 0 heterocycles. The van der Waals surface area contributed by atoms with Gasteiger partial charge in [-0.15, -0.1) is 0 Å². The van der Waals surface area contributed by atoms with E-state index in [0.29, 0.717) is 25.1 Å². The van der Waals surface area contributed by atoms with Gasteiger partial charge in [-0.3, -0.25) is 9.89 Å². The van der Waals surface area contributed by atoms with E-state index in [1.807, 2.05) is 67.6 Å². The summed E-state index contributed by atoms with van der Waals surface area (Å²) in [5.74, 6) is -0.299. The molecule has 1 atom stereocenters. The van der Waals surface area contributed by atoms with E-state index >= 15 is 0 Å². The largest absolute Gasteiger partial charge is 0.464 e. The van der Waals surface area contributed by atoms with Crippen LogP contribution in [0.1, 0.15) is 56.9 Å². The number of benzene rings is 3. The topological polar surface area (TPSA) is 41.9 Å². The molecule has 0 bridgehead atoms. The van der Waals surface area contributed by atoms with Crippen LogP contribution in [0.25, 0.3) is 0 Å². The van der Waals surface area contributed by atoms with Gasteiger partial charge in [-0.1, -0.05) is 84.9 Å². The van der Waals surface area contributed by atoms with Gasteiger partial charge in [0.05, 0.1) is 12.3 Å². The number of nitrogens with zero attached hydrogens (tertiary/aromatic N) is 2. The van der Waals surface area contributed by atoms with Crippen molar-refractivity contribution in [1.29, 1.82) is 0 Å². The minimum atomic E-state index is -0.626. The second-order valence-electron chi connectivity index (χ2n) is 9.36. The number of ether oxygens (including phenoxy) is 1. The molecule has 0 radical (unpaired) electrons. The highest BCUT2D eigenvalue weighted by molar-refractivity contribution is 6.13. The zero-order chi connectivity index (χ0) is 25.2. The molecule has 4 heteroatoms. The Morgan fingerprint density at radius 1 is 0.771 bits per heavy atom. The van der Waals surface area contributed by atoms with Crippen LogP contribution < -0.4 is 0 Å². The highest BCUT2D eigenvalue weighted by atomic mass is 16.5. The first-order valence-corrected chi connectivity index (χ1v) is 12.6. The average Bonchev–Trinajstić information content (AvgIpc) is 2.86. The molecule has 3 aromatic rings. The molecule has 0 fully saturated rings. The highest BCUT2D eigenvalue weighted by Crippen LogP contribution is 2.18. The van der Waals surface area contributed by atoms with Crippen molar-refractivity contribution in [2.24, 2.45) is 4.99 Å². The maximum absolute atomic E-state index is 13.0. The molecule has 0 aliphatic carbocycles. The molecule has 0 aliphatic heterocycles. The molecular formula is C31H38N2O2. The molecule has 0 amide bonds. The third-order valence-electron chi connectivity index (χ3n) is 6.08. The molecular weight excluding hydrogens is 432 g/mol. The maximum atomic E-state index is 13.0. The summed E-state index contributed by atoms with van der Waals surface area (Å²) in [5.41, 5.74) is 5.08. The Kier molecular flexibility index (Phi) is 9.80. The van der Waals surface area contributed by atoms with Crippen molar-refractivity contribution >= 4 is 11.7 Å². The van der Waals surface area contributed by atoms with Crippen LogP contribution in [0.5, 0.6) is 0 Å². The molecule has 0 aliphatic rings. The molecule has 4 nitrogen and oxygen atoms in total. The van der Waals surface area contributed by atoms with Gasteiger partial charge in [-0.25, -0.2) is 4.79 Å². The summed E-state index contributed by atoms with van der Waals surface area (Å²) < 4.78 is 5.43. The minimum absolute atomic E-state index is 0.299. The van der Waals surface area contributed by atoms with Crippen molar-refractivity contribution < 1.29 is 9.53 Å². The van der Waals surface area contributed by atoms with Crippen LogP contribution in [0.2, 0.25) is 0 Å². The van der Waals surface area contributed by atoms with Crippen molar-refractivity contribution in [1.82, 2.24) is 4.90 Å². The minimum Gasteiger partial charge on any atom is -0.464 e. The Morgan fingerprint density at radius 3 is 1.71 bits per heavy atom. The zero-order valence-corrected chi connectivity index (χ0v) is 21.6. The first kappa shape index (κ1) is 26.4. The standard InChI is InChI=1S/C31H38N2O2/c1-6-35-31(34)29(21-25-17-19-26(20-18-25)22-33(23(2)3)24(4)5)32-30(27-13-9-7-10-14-27)28-15-11-8-12-16-28/h7-20,23-24,29H,6,21-22H2,1-5H3. The summed E-state index contributed by atoms with van der Waals surface area (Å²) in [6.07, 6.45) is 0.486. The van der Waals surface area contributed by atoms with Crippen molar-refractivity contribution in [3.63, 3.8) is 0 Å². The van der Waals surface area contributed by atoms with Gasteiger partial charge in [-0.2, -0.15) is 0 Å². The van der Waals surface area contributed by atoms with Gasteiger partial charge in [0.2, 0.25) is 0 Å². The van der Waals surface area contributed by atoms with Crippen LogP contribution in [0.4, 0.5) is 0 Å². The van der Waals surface area contributed by atoms with Crippen LogP contribution in [-0.2, 0) is 22.5 Å². The smallest absolute Gasteiger partial charge is 0.331 e. The molecule has 184 valence electrons. The van der Waals surface area contributed by atoms with E-state index in [4.69, 9.17) is 9.73 Å². The molecule has 0 saturated carbocycles. The van der Waals surface area contributed by atoms with Gasteiger partial charge in [0.15, 0.2) is 6.04 Å². The molecule has 0 spiro atoms. The van der Waals surface area contributed by atoms with Gasteiger partial charge in [0.25, 0.3) is 0 Å². The Bertz CT molecular complexity index is 1020. The average molecular weight is 471 g/mol. The SMILES string of the molecule is CCOC(=O)C(Cc1ccc(CN(C(C)C)C(C)C)cc1)N=C(c1ccccc1)c1ccccc1. The summed E-state index contributed by atoms with van der Waals surface area (Å²) in [6, 6.07) is 28.9. The fourth-order valence-electron chi connectivity index (χ4n) is 4.26. The second-order valence-corrected chi connectivity index (χ2v) is 9.36. The Balaban J connectivity index is 1.90. The number of esters is 1. The summed E-state index contributed by atoms with van der Waals surface area (Å²) in [4.78, 5) is 20.4. The maximum Gasteiger partial charge on any atom is 0.331 e. The molecule has 0 aromatic heterocycles. The number of hydrogen-bond acceptors (Lipinski definition) is 4. The Morgan fingerprint density at radius 2 is 1.26 bits per heavy atom. The van der Waals surface area contributed by atoms with Crippen LogP contribution in [-0.4, -0.2) is 41.3 Å². The van der Waals surface area contributed by atoms with E-state index in [1.54, 1.807) is 0 Å². The fraction of sp³-hybridized carbons (Fsp3) is 0.355. The van der Waals surface area contributed by atoms with Gasteiger partial charge in [0.1, 0.15) is 0 Å². The molecule has 1 unspecified atom stereocenters. The van der Waals surface area contributed by atoms with E-state index in [2.05, 4.69) is 56.9 Å². The van der Waals surface area contributed by atoms with E-state index < -0.39 is 6.04 Å². The second kappa shape index (κ2) is 13.0. The van der Waals surface area contributed by atoms with Crippen LogP contribution >= 0.6 is 0 Å². The van der Waals surface area contributed by atoms with Gasteiger partial charge in [0, 0.05) is 36.2 Å². The number of carbonyl (C=O) groups is 1. The van der Waals surface area contributed by atoms with Crippen LogP contribution in [0, 0.1) is 0 Å². The van der Waals surface area contributed by atoms with Crippen molar-refractivity contribution in [3.8, 4) is 0 Å². The normalized spacial score (nSPS) is 12.1. The van der Waals surface area contributed by atoms with Gasteiger partial charge in [-0.05, 0) is 45.7 Å². The van der Waals surface area contributed by atoms with Crippen molar-refractivity contribution in [2.45, 2.75) is 65.7 Å². The molecule has 35 heavy (non-hydrogen) atoms. The Hall–Kier alpha value is -3.24. The van der Waals surface area contributed by atoms with Gasteiger partial charge < -0.3 is 4.74 Å². The molecule has 0 saturated heterocycles. The quantitative estimate of drug-likeness (QED) is 0.243. The molecule has 3 rings (SSSR count). The predicted molar refractivity (Wildman–Crippen MR) is 145 cm³/mol. The summed E-state index contributed by atoms with van der Waals surface area (Å²) in [5, 5.41) is 0. The summed E-state index contributed by atoms with van der Waals surface area (Å²) in [6.45, 7) is 12.0. The van der Waals surface area contributed by atoms with Crippen LogP contribution in [0.3, 0.4) is 0 Å². The van der Waals surface area contributed by atoms with E-state index in [9.17, 15) is 4.79 Å². The Labute approximate surface area is 210 Å². The molecule has 0 N–H and O–H groups in total. The third-order valence-corrected chi connectivity index (χ3v) is 6.08. The fourth-order valence-corrected chi connectivity index (χ4v) is 4.26. The predicted octanol–water partition coefficient (Wildman–Crippen LogP) is 6.32.